The van der Waals surface area contributed by atoms with Crippen molar-refractivity contribution in [2.75, 3.05) is 26.2 Å². The summed E-state index contributed by atoms with van der Waals surface area (Å²) < 4.78 is 0. The predicted octanol–water partition coefficient (Wildman–Crippen LogP) is -0.371. The number of aliphatic carboxylic acids is 1. The zero-order chi connectivity index (χ0) is 13.3. The highest BCUT2D eigenvalue weighted by Crippen LogP contribution is 1.88. The van der Waals surface area contributed by atoms with Gasteiger partial charge < -0.3 is 20.6 Å². The number of carbonyl (C=O) groups is 3. The standard InChI is InChI=1S/C10H19N3O4/c1-3-5-11-8(14)6-12-10(17)13(4-2)7-9(15)16/h3-7H2,1-2H3,(H,11,14)(H,12,17)(H,15,16). The lowest BCUT2D eigenvalue weighted by Crippen LogP contribution is -2.46. The first-order valence-electron chi connectivity index (χ1n) is 5.52. The van der Waals surface area contributed by atoms with Gasteiger partial charge in [0.15, 0.2) is 0 Å². The van der Waals surface area contributed by atoms with Crippen LogP contribution in [0.4, 0.5) is 4.79 Å². The Morgan fingerprint density at radius 1 is 1.18 bits per heavy atom. The second kappa shape index (κ2) is 8.37. The van der Waals surface area contributed by atoms with Crippen molar-refractivity contribution in [2.45, 2.75) is 20.3 Å². The maximum Gasteiger partial charge on any atom is 0.323 e. The summed E-state index contributed by atoms with van der Waals surface area (Å²) in [6, 6.07) is -0.554. The van der Waals surface area contributed by atoms with Crippen molar-refractivity contribution in [3.8, 4) is 0 Å². The van der Waals surface area contributed by atoms with Crippen LogP contribution < -0.4 is 10.6 Å². The third kappa shape index (κ3) is 7.15. The van der Waals surface area contributed by atoms with Gasteiger partial charge in [0, 0.05) is 13.1 Å². The SMILES string of the molecule is CCCNC(=O)CNC(=O)N(CC)CC(=O)O. The van der Waals surface area contributed by atoms with Gasteiger partial charge in [0.25, 0.3) is 0 Å². The molecule has 0 aromatic heterocycles. The number of hydrogen-bond acceptors (Lipinski definition) is 3. The van der Waals surface area contributed by atoms with Crippen molar-refractivity contribution < 1.29 is 19.5 Å². The number of rotatable bonds is 7. The van der Waals surface area contributed by atoms with Gasteiger partial charge in [0.1, 0.15) is 6.54 Å². The molecule has 0 heterocycles. The molecule has 0 aromatic carbocycles. The minimum atomic E-state index is -1.09. The van der Waals surface area contributed by atoms with Gasteiger partial charge in [-0.2, -0.15) is 0 Å². The first-order valence-corrected chi connectivity index (χ1v) is 5.52. The van der Waals surface area contributed by atoms with E-state index in [9.17, 15) is 14.4 Å². The fraction of sp³-hybridized carbons (Fsp3) is 0.700. The molecule has 0 atom stereocenters. The lowest BCUT2D eigenvalue weighted by atomic mass is 10.4. The van der Waals surface area contributed by atoms with E-state index in [4.69, 9.17) is 5.11 Å². The Morgan fingerprint density at radius 2 is 1.82 bits per heavy atom. The van der Waals surface area contributed by atoms with E-state index in [1.165, 1.54) is 0 Å². The van der Waals surface area contributed by atoms with Crippen LogP contribution in [0.1, 0.15) is 20.3 Å². The zero-order valence-electron chi connectivity index (χ0n) is 10.2. The molecule has 0 saturated carbocycles. The van der Waals surface area contributed by atoms with Gasteiger partial charge in [-0.25, -0.2) is 4.79 Å². The minimum absolute atomic E-state index is 0.144. The molecule has 0 aliphatic rings. The summed E-state index contributed by atoms with van der Waals surface area (Å²) in [5.41, 5.74) is 0. The Morgan fingerprint density at radius 3 is 2.29 bits per heavy atom. The lowest BCUT2D eigenvalue weighted by Gasteiger charge is -2.18. The third-order valence-electron chi connectivity index (χ3n) is 1.97. The van der Waals surface area contributed by atoms with Crippen molar-refractivity contribution in [3.05, 3.63) is 0 Å². The highest BCUT2D eigenvalue weighted by molar-refractivity contribution is 5.85. The van der Waals surface area contributed by atoms with E-state index in [0.29, 0.717) is 6.54 Å². The zero-order valence-corrected chi connectivity index (χ0v) is 10.2. The summed E-state index contributed by atoms with van der Waals surface area (Å²) in [6.07, 6.45) is 0.819. The van der Waals surface area contributed by atoms with Crippen LogP contribution in [0.25, 0.3) is 0 Å². The molecule has 0 aromatic rings. The molecule has 3 N–H and O–H groups in total. The smallest absolute Gasteiger partial charge is 0.323 e. The van der Waals surface area contributed by atoms with Crippen molar-refractivity contribution in [1.29, 1.82) is 0 Å². The quantitative estimate of drug-likeness (QED) is 0.570. The first-order chi connectivity index (χ1) is 8.01. The predicted molar refractivity (Wildman–Crippen MR) is 61.6 cm³/mol. The minimum Gasteiger partial charge on any atom is -0.480 e. The molecule has 0 aliphatic carbocycles. The molecule has 0 fully saturated rings. The summed E-state index contributed by atoms with van der Waals surface area (Å²) in [4.78, 5) is 34.2. The molecule has 7 nitrogen and oxygen atoms in total. The molecule has 0 saturated heterocycles. The number of carboxylic acids is 1. The summed E-state index contributed by atoms with van der Waals surface area (Å²) in [7, 11) is 0. The van der Waals surface area contributed by atoms with Crippen LogP contribution in [0.2, 0.25) is 0 Å². The van der Waals surface area contributed by atoms with E-state index < -0.39 is 12.0 Å². The molecule has 7 heteroatoms. The van der Waals surface area contributed by atoms with Crippen LogP contribution in [-0.2, 0) is 9.59 Å². The average molecular weight is 245 g/mol. The molecule has 98 valence electrons. The maximum absolute atomic E-state index is 11.5. The van der Waals surface area contributed by atoms with Crippen molar-refractivity contribution >= 4 is 17.9 Å². The van der Waals surface area contributed by atoms with Crippen LogP contribution >= 0.6 is 0 Å². The van der Waals surface area contributed by atoms with Gasteiger partial charge in [-0.1, -0.05) is 6.92 Å². The van der Waals surface area contributed by atoms with Crippen LogP contribution in [0.5, 0.6) is 0 Å². The Labute approximate surface area is 100 Å². The molecule has 0 rings (SSSR count). The van der Waals surface area contributed by atoms with Crippen molar-refractivity contribution in [1.82, 2.24) is 15.5 Å². The van der Waals surface area contributed by atoms with E-state index in [1.54, 1.807) is 6.92 Å². The van der Waals surface area contributed by atoms with Gasteiger partial charge in [0.2, 0.25) is 5.91 Å². The van der Waals surface area contributed by atoms with Crippen LogP contribution in [0.3, 0.4) is 0 Å². The molecule has 0 unspecified atom stereocenters. The largest absolute Gasteiger partial charge is 0.480 e. The highest BCUT2D eigenvalue weighted by Gasteiger charge is 2.15. The molecule has 0 bridgehead atoms. The fourth-order valence-corrected chi connectivity index (χ4v) is 1.09. The Kier molecular flexibility index (Phi) is 7.49. The van der Waals surface area contributed by atoms with Gasteiger partial charge >= 0.3 is 12.0 Å². The summed E-state index contributed by atoms with van der Waals surface area (Å²) in [5.74, 6) is -1.37. The highest BCUT2D eigenvalue weighted by atomic mass is 16.4. The monoisotopic (exact) mass is 245 g/mol. The number of carboxylic acid groups (broad SMARTS) is 1. The van der Waals surface area contributed by atoms with E-state index >= 15 is 0 Å². The Bertz CT molecular complexity index is 281. The first kappa shape index (κ1) is 15.2. The number of nitrogens with one attached hydrogen (secondary N) is 2. The molecular formula is C10H19N3O4. The van der Waals surface area contributed by atoms with E-state index in [0.717, 1.165) is 11.3 Å². The van der Waals surface area contributed by atoms with Gasteiger partial charge in [-0.05, 0) is 13.3 Å². The van der Waals surface area contributed by atoms with E-state index in [-0.39, 0.29) is 25.5 Å². The number of likely N-dealkylation sites (N-methyl/N-ethyl adjacent to an activating group) is 1. The fourth-order valence-electron chi connectivity index (χ4n) is 1.09. The second-order valence-corrected chi connectivity index (χ2v) is 3.42. The van der Waals surface area contributed by atoms with Gasteiger partial charge in [-0.3, -0.25) is 9.59 Å². The summed E-state index contributed by atoms with van der Waals surface area (Å²) in [5, 5.41) is 13.5. The number of amides is 3. The second-order valence-electron chi connectivity index (χ2n) is 3.42. The van der Waals surface area contributed by atoms with Gasteiger partial charge in [0.05, 0.1) is 6.54 Å². The van der Waals surface area contributed by atoms with E-state index in [2.05, 4.69) is 10.6 Å². The molecule has 0 aliphatic heterocycles. The van der Waals surface area contributed by atoms with Crippen LogP contribution in [0, 0.1) is 0 Å². The Hall–Kier alpha value is -1.79. The molecular weight excluding hydrogens is 226 g/mol. The number of urea groups is 1. The number of carbonyl (C=O) groups excluding carboxylic acids is 2. The normalized spacial score (nSPS) is 9.53. The summed E-state index contributed by atoms with van der Waals surface area (Å²) in [6.45, 7) is 3.90. The molecule has 3 amide bonds. The van der Waals surface area contributed by atoms with Crippen molar-refractivity contribution in [3.63, 3.8) is 0 Å². The molecule has 0 spiro atoms. The van der Waals surface area contributed by atoms with Crippen molar-refractivity contribution in [2.24, 2.45) is 0 Å². The van der Waals surface area contributed by atoms with E-state index in [1.807, 2.05) is 6.92 Å². The van der Waals surface area contributed by atoms with Gasteiger partial charge in [-0.15, -0.1) is 0 Å². The average Bonchev–Trinajstić information content (AvgIpc) is 2.29. The number of hydrogen-bond donors (Lipinski definition) is 3. The third-order valence-corrected chi connectivity index (χ3v) is 1.97. The molecule has 0 radical (unpaired) electrons. The topological polar surface area (TPSA) is 98.7 Å². The summed E-state index contributed by atoms with van der Waals surface area (Å²) >= 11 is 0. The Balaban J connectivity index is 3.97. The molecule has 17 heavy (non-hydrogen) atoms. The lowest BCUT2D eigenvalue weighted by molar-refractivity contribution is -0.137. The van der Waals surface area contributed by atoms with Crippen LogP contribution in [-0.4, -0.2) is 54.1 Å². The number of nitrogens with zero attached hydrogens (tertiary/aromatic N) is 1. The maximum atomic E-state index is 11.5. The van der Waals surface area contributed by atoms with Crippen LogP contribution in [0.15, 0.2) is 0 Å².